The third kappa shape index (κ3) is 4.98. The lowest BCUT2D eigenvalue weighted by molar-refractivity contribution is -0.133. The van der Waals surface area contributed by atoms with Crippen LogP contribution in [0.2, 0.25) is 0 Å². The summed E-state index contributed by atoms with van der Waals surface area (Å²) in [5.74, 6) is -0.373. The molecule has 8 heteroatoms. The first-order valence-corrected chi connectivity index (χ1v) is 12.1. The molecule has 1 aliphatic heterocycles. The average Bonchev–Trinajstić information content (AvgIpc) is 3.57. The van der Waals surface area contributed by atoms with E-state index in [1.807, 2.05) is 60.1 Å². The van der Waals surface area contributed by atoms with Crippen molar-refractivity contribution in [1.82, 2.24) is 9.91 Å². The Balaban J connectivity index is 1.59. The molecule has 0 saturated carbocycles. The van der Waals surface area contributed by atoms with Gasteiger partial charge in [-0.15, -0.1) is 22.7 Å². The summed E-state index contributed by atoms with van der Waals surface area (Å²) in [4.78, 5) is 29.6. The summed E-state index contributed by atoms with van der Waals surface area (Å²) in [6, 6.07) is 15.6. The van der Waals surface area contributed by atoms with Crippen molar-refractivity contribution in [1.29, 1.82) is 0 Å². The van der Waals surface area contributed by atoms with Crippen LogP contribution >= 0.6 is 22.7 Å². The van der Waals surface area contributed by atoms with Crippen molar-refractivity contribution in [2.45, 2.75) is 19.4 Å². The normalized spacial score (nSPS) is 15.6. The lowest BCUT2D eigenvalue weighted by atomic mass is 10.00. The van der Waals surface area contributed by atoms with Crippen molar-refractivity contribution in [2.75, 3.05) is 26.8 Å². The molecular weight excluding hydrogens is 442 g/mol. The van der Waals surface area contributed by atoms with Gasteiger partial charge in [-0.2, -0.15) is 5.10 Å². The maximum atomic E-state index is 13.4. The first-order chi connectivity index (χ1) is 15.6. The van der Waals surface area contributed by atoms with Crippen LogP contribution in [0, 0.1) is 6.92 Å². The Bertz CT molecular complexity index is 1080. The summed E-state index contributed by atoms with van der Waals surface area (Å²) in [6.07, 6.45) is 0.645. The number of ether oxygens (including phenoxy) is 1. The molecule has 1 aliphatic rings. The van der Waals surface area contributed by atoms with Crippen molar-refractivity contribution in [2.24, 2.45) is 5.10 Å². The second-order valence-electron chi connectivity index (χ2n) is 7.59. The van der Waals surface area contributed by atoms with E-state index < -0.39 is 0 Å². The highest BCUT2D eigenvalue weighted by molar-refractivity contribution is 7.12. The molecule has 6 nitrogen and oxygen atoms in total. The number of benzene rings is 1. The van der Waals surface area contributed by atoms with Crippen molar-refractivity contribution < 1.29 is 14.3 Å². The van der Waals surface area contributed by atoms with Crippen LogP contribution in [0.25, 0.3) is 0 Å². The summed E-state index contributed by atoms with van der Waals surface area (Å²) < 4.78 is 5.17. The highest BCUT2D eigenvalue weighted by atomic mass is 32.1. The number of hydrogen-bond donors (Lipinski definition) is 0. The van der Waals surface area contributed by atoms with Gasteiger partial charge in [0.05, 0.1) is 28.1 Å². The Morgan fingerprint density at radius 3 is 2.53 bits per heavy atom. The molecule has 0 unspecified atom stereocenters. The van der Waals surface area contributed by atoms with Crippen molar-refractivity contribution >= 4 is 40.2 Å². The molecule has 1 aromatic carbocycles. The van der Waals surface area contributed by atoms with E-state index in [-0.39, 0.29) is 24.4 Å². The number of hydrazone groups is 1. The predicted octanol–water partition coefficient (Wildman–Crippen LogP) is 4.58. The Kier molecular flexibility index (Phi) is 7.14. The molecule has 2 aromatic heterocycles. The number of methoxy groups -OCH3 is 1. The number of amides is 2. The molecule has 0 saturated heterocycles. The number of thiophene rings is 2. The van der Waals surface area contributed by atoms with Crippen LogP contribution in [0.5, 0.6) is 0 Å². The van der Waals surface area contributed by atoms with Crippen LogP contribution in [0.15, 0.2) is 64.4 Å². The van der Waals surface area contributed by atoms with E-state index in [0.29, 0.717) is 24.4 Å². The maximum Gasteiger partial charge on any atom is 0.264 e. The minimum atomic E-state index is -0.205. The first kappa shape index (κ1) is 22.4. The lowest BCUT2D eigenvalue weighted by Gasteiger charge is -2.26. The molecule has 0 fully saturated rings. The smallest absolute Gasteiger partial charge is 0.264 e. The second kappa shape index (κ2) is 10.2. The molecule has 0 bridgehead atoms. The molecule has 0 aliphatic carbocycles. The average molecular weight is 468 g/mol. The third-order valence-electron chi connectivity index (χ3n) is 5.34. The standard InChI is InChI=1S/C24H25N3O3S2/c1-17-7-9-18(10-8-17)20-15-19(21-5-3-13-31-21)25-27(20)23(28)16-26(11-12-30-2)24(29)22-6-4-14-32-22/h3-10,13-14,20H,11-12,15-16H2,1-2H3/t20-/m0/s1. The van der Waals surface area contributed by atoms with E-state index in [9.17, 15) is 9.59 Å². The van der Waals surface area contributed by atoms with Crippen LogP contribution < -0.4 is 0 Å². The Morgan fingerprint density at radius 2 is 1.88 bits per heavy atom. The van der Waals surface area contributed by atoms with E-state index in [1.165, 1.54) is 11.3 Å². The number of nitrogens with zero attached hydrogens (tertiary/aromatic N) is 3. The fourth-order valence-corrected chi connectivity index (χ4v) is 5.04. The van der Waals surface area contributed by atoms with Crippen molar-refractivity contribution in [3.8, 4) is 0 Å². The topological polar surface area (TPSA) is 62.2 Å². The summed E-state index contributed by atoms with van der Waals surface area (Å²) in [5, 5.41) is 10.1. The minimum absolute atomic E-state index is 0.0519. The van der Waals surface area contributed by atoms with Gasteiger partial charge >= 0.3 is 0 Å². The highest BCUT2D eigenvalue weighted by Gasteiger charge is 2.34. The third-order valence-corrected chi connectivity index (χ3v) is 7.12. The molecule has 0 radical (unpaired) electrons. The first-order valence-electron chi connectivity index (χ1n) is 10.4. The van der Waals surface area contributed by atoms with Gasteiger partial charge in [-0.05, 0) is 35.4 Å². The van der Waals surface area contributed by atoms with Gasteiger partial charge in [-0.1, -0.05) is 42.0 Å². The summed E-state index contributed by atoms with van der Waals surface area (Å²) in [6.45, 7) is 2.68. The molecule has 3 aromatic rings. The summed E-state index contributed by atoms with van der Waals surface area (Å²) in [7, 11) is 1.58. The molecule has 32 heavy (non-hydrogen) atoms. The Labute approximate surface area is 195 Å². The zero-order valence-electron chi connectivity index (χ0n) is 18.1. The second-order valence-corrected chi connectivity index (χ2v) is 9.49. The number of hydrogen-bond acceptors (Lipinski definition) is 6. The fraction of sp³-hybridized carbons (Fsp3) is 0.292. The van der Waals surface area contributed by atoms with E-state index >= 15 is 0 Å². The van der Waals surface area contributed by atoms with Crippen LogP contribution in [-0.4, -0.2) is 54.2 Å². The van der Waals surface area contributed by atoms with Gasteiger partial charge in [-0.25, -0.2) is 5.01 Å². The van der Waals surface area contributed by atoms with Gasteiger partial charge < -0.3 is 9.64 Å². The molecule has 2 amide bonds. The molecule has 166 valence electrons. The van der Waals surface area contributed by atoms with E-state index in [0.717, 1.165) is 21.7 Å². The van der Waals surface area contributed by atoms with Gasteiger partial charge in [0.15, 0.2) is 0 Å². The largest absolute Gasteiger partial charge is 0.383 e. The minimum Gasteiger partial charge on any atom is -0.383 e. The van der Waals surface area contributed by atoms with Gasteiger partial charge in [-0.3, -0.25) is 9.59 Å². The molecule has 4 rings (SSSR count). The van der Waals surface area contributed by atoms with Gasteiger partial charge in [0, 0.05) is 20.1 Å². The quantitative estimate of drug-likeness (QED) is 0.487. The fourth-order valence-electron chi connectivity index (χ4n) is 3.63. The zero-order valence-corrected chi connectivity index (χ0v) is 19.7. The monoisotopic (exact) mass is 467 g/mol. The van der Waals surface area contributed by atoms with Gasteiger partial charge in [0.25, 0.3) is 11.8 Å². The Morgan fingerprint density at radius 1 is 1.12 bits per heavy atom. The number of aryl methyl sites for hydroxylation is 1. The molecule has 0 N–H and O–H groups in total. The Hall–Kier alpha value is -2.81. The lowest BCUT2D eigenvalue weighted by Crippen LogP contribution is -2.42. The number of rotatable bonds is 8. The number of carbonyl (C=O) groups excluding carboxylic acids is 2. The molecule has 3 heterocycles. The van der Waals surface area contributed by atoms with Crippen LogP contribution in [0.3, 0.4) is 0 Å². The highest BCUT2D eigenvalue weighted by Crippen LogP contribution is 2.34. The van der Waals surface area contributed by atoms with Crippen molar-refractivity contribution in [3.05, 3.63) is 80.2 Å². The summed E-state index contributed by atoms with van der Waals surface area (Å²) >= 11 is 2.98. The zero-order chi connectivity index (χ0) is 22.5. The van der Waals surface area contributed by atoms with Crippen molar-refractivity contribution in [3.63, 3.8) is 0 Å². The molecular formula is C24H25N3O3S2. The van der Waals surface area contributed by atoms with E-state index in [1.54, 1.807) is 34.4 Å². The van der Waals surface area contributed by atoms with Gasteiger partial charge in [0.2, 0.25) is 0 Å². The maximum absolute atomic E-state index is 13.4. The predicted molar refractivity (Wildman–Crippen MR) is 128 cm³/mol. The number of carbonyl (C=O) groups is 2. The van der Waals surface area contributed by atoms with Crippen LogP contribution in [-0.2, 0) is 9.53 Å². The van der Waals surface area contributed by atoms with Crippen LogP contribution in [0.4, 0.5) is 0 Å². The molecule has 0 spiro atoms. The van der Waals surface area contributed by atoms with E-state index in [4.69, 9.17) is 9.84 Å². The molecule has 1 atom stereocenters. The van der Waals surface area contributed by atoms with Crippen LogP contribution in [0.1, 0.15) is 38.1 Å². The SMILES string of the molecule is COCCN(CC(=O)N1N=C(c2cccs2)C[C@H]1c1ccc(C)cc1)C(=O)c1cccs1. The summed E-state index contributed by atoms with van der Waals surface area (Å²) in [5.41, 5.74) is 3.09. The van der Waals surface area contributed by atoms with Gasteiger partial charge in [0.1, 0.15) is 6.54 Å². The van der Waals surface area contributed by atoms with E-state index in [2.05, 4.69) is 0 Å².